The molecular weight excluding hydrogens is 536 g/mol. The van der Waals surface area contributed by atoms with Gasteiger partial charge in [0.05, 0.1) is 17.3 Å². The van der Waals surface area contributed by atoms with Crippen LogP contribution in [-0.4, -0.2) is 42.3 Å². The molecule has 0 saturated heterocycles. The fraction of sp³-hybridized carbons (Fsp3) is 0.235. The molecule has 2 saturated carbocycles. The van der Waals surface area contributed by atoms with Crippen molar-refractivity contribution in [3.05, 3.63) is 95.7 Å². The molecular formula is C34H30N8O. The van der Waals surface area contributed by atoms with Crippen molar-refractivity contribution in [1.29, 1.82) is 0 Å². The number of aromatic nitrogens is 5. The van der Waals surface area contributed by atoms with E-state index >= 15 is 0 Å². The molecule has 2 aliphatic carbocycles. The van der Waals surface area contributed by atoms with Gasteiger partial charge in [0.25, 0.3) is 5.91 Å². The molecule has 0 atom stereocenters. The fourth-order valence-corrected chi connectivity index (χ4v) is 7.62. The quantitative estimate of drug-likeness (QED) is 0.258. The zero-order valence-corrected chi connectivity index (χ0v) is 23.5. The maximum Gasteiger partial charge on any atom is 0.270 e. The maximum absolute atomic E-state index is 13.7. The Labute approximate surface area is 248 Å². The molecule has 0 spiro atoms. The van der Waals surface area contributed by atoms with Crippen LogP contribution >= 0.6 is 0 Å². The highest BCUT2D eigenvalue weighted by atomic mass is 16.2. The Morgan fingerprint density at radius 2 is 1.81 bits per heavy atom. The van der Waals surface area contributed by atoms with Gasteiger partial charge in [-0.1, -0.05) is 42.3 Å². The molecule has 2 aromatic carbocycles. The first kappa shape index (κ1) is 25.4. The van der Waals surface area contributed by atoms with Crippen LogP contribution in [0.3, 0.4) is 0 Å². The van der Waals surface area contributed by atoms with Crippen molar-refractivity contribution >= 4 is 40.1 Å². The Morgan fingerprint density at radius 1 is 1.02 bits per heavy atom. The van der Waals surface area contributed by atoms with Gasteiger partial charge < -0.3 is 20.9 Å². The number of carbonyl (C=O) groups is 1. The van der Waals surface area contributed by atoms with Crippen molar-refractivity contribution in [2.45, 2.75) is 43.2 Å². The predicted octanol–water partition coefficient (Wildman–Crippen LogP) is 4.99. The standard InChI is InChI=1S/C34H30N8O/c1-2-26-28(23-18-22-8-6-7-11-25(22)36-19-23)29-30(35)37-21-38-31(29)41(26)34-15-13-33(20-34,14-16-34)40-32(43)27-12-17-39-42(27)24-9-4-3-5-10-24/h1,3-12,17-18,21,36H,13-16,19-20H2,(H,40,43)(H2,35,37,38). The summed E-state index contributed by atoms with van der Waals surface area (Å²) in [6.07, 6.45) is 15.9. The number of terminal acetylenes is 1. The summed E-state index contributed by atoms with van der Waals surface area (Å²) >= 11 is 0. The molecule has 5 aromatic rings. The molecule has 9 heteroatoms. The number of hydrogen-bond donors (Lipinski definition) is 3. The summed E-state index contributed by atoms with van der Waals surface area (Å²) in [6.45, 7) is 0.612. The number of rotatable bonds is 5. The van der Waals surface area contributed by atoms with Crippen molar-refractivity contribution in [2.24, 2.45) is 0 Å². The monoisotopic (exact) mass is 566 g/mol. The van der Waals surface area contributed by atoms with Gasteiger partial charge >= 0.3 is 0 Å². The summed E-state index contributed by atoms with van der Waals surface area (Å²) in [7, 11) is 0. The highest BCUT2D eigenvalue weighted by Gasteiger charge is 2.57. The smallest absolute Gasteiger partial charge is 0.270 e. The summed E-state index contributed by atoms with van der Waals surface area (Å²) in [5.41, 5.74) is 12.9. The largest absolute Gasteiger partial charge is 0.383 e. The number of nitrogens with one attached hydrogen (secondary N) is 2. The Balaban J connectivity index is 1.19. The molecule has 9 nitrogen and oxygen atoms in total. The Kier molecular flexibility index (Phi) is 5.50. The number of nitrogens with zero attached hydrogens (tertiary/aromatic N) is 5. The highest BCUT2D eigenvalue weighted by molar-refractivity contribution is 6.05. The van der Waals surface area contributed by atoms with Gasteiger partial charge in [-0.3, -0.25) is 4.79 Å². The van der Waals surface area contributed by atoms with Gasteiger partial charge in [0.2, 0.25) is 0 Å². The zero-order valence-electron chi connectivity index (χ0n) is 23.5. The fourth-order valence-electron chi connectivity index (χ4n) is 7.62. The second-order valence-electron chi connectivity index (χ2n) is 11.9. The summed E-state index contributed by atoms with van der Waals surface area (Å²) in [4.78, 5) is 22.8. The second-order valence-corrected chi connectivity index (χ2v) is 11.9. The second kappa shape index (κ2) is 9.33. The van der Waals surface area contributed by atoms with E-state index in [0.717, 1.165) is 76.9 Å². The van der Waals surface area contributed by atoms with Crippen LogP contribution in [0, 0.1) is 12.3 Å². The van der Waals surface area contributed by atoms with Crippen LogP contribution in [0.15, 0.2) is 73.2 Å². The third kappa shape index (κ3) is 3.79. The van der Waals surface area contributed by atoms with Crippen molar-refractivity contribution in [1.82, 2.24) is 29.6 Å². The van der Waals surface area contributed by atoms with Gasteiger partial charge in [-0.15, -0.1) is 6.42 Å². The molecule has 2 bridgehead atoms. The Bertz CT molecular complexity index is 1990. The van der Waals surface area contributed by atoms with Crippen molar-refractivity contribution in [3.63, 3.8) is 0 Å². The van der Waals surface area contributed by atoms with Gasteiger partial charge in [-0.2, -0.15) is 5.10 Å². The van der Waals surface area contributed by atoms with Crippen LogP contribution in [0.25, 0.3) is 28.4 Å². The van der Waals surface area contributed by atoms with Gasteiger partial charge in [0.15, 0.2) is 0 Å². The third-order valence-corrected chi connectivity index (χ3v) is 9.53. The normalized spacial score (nSPS) is 22.1. The van der Waals surface area contributed by atoms with E-state index in [1.165, 1.54) is 6.33 Å². The van der Waals surface area contributed by atoms with E-state index < -0.39 is 0 Å². The van der Waals surface area contributed by atoms with Crippen LogP contribution in [0.4, 0.5) is 11.5 Å². The van der Waals surface area contributed by atoms with Crippen LogP contribution in [-0.2, 0) is 5.54 Å². The summed E-state index contributed by atoms with van der Waals surface area (Å²) in [5, 5.41) is 12.2. The zero-order chi connectivity index (χ0) is 29.2. The lowest BCUT2D eigenvalue weighted by Gasteiger charge is -2.31. The molecule has 1 aliphatic heterocycles. The SMILES string of the molecule is C#Cc1c(C2=Cc3ccccc3NC2)c2c(N)ncnc2n1C12CCC(NC(=O)c3ccnn3-c3ccccc3)(CC1)C2. The van der Waals surface area contributed by atoms with Crippen LogP contribution in [0.2, 0.25) is 0 Å². The summed E-state index contributed by atoms with van der Waals surface area (Å²) in [6, 6.07) is 19.7. The topological polar surface area (TPSA) is 116 Å². The minimum atomic E-state index is -0.353. The average Bonchev–Trinajstić information content (AvgIpc) is 3.82. The number of fused-ring (bicyclic) bond motifs is 4. The first-order chi connectivity index (χ1) is 21.0. The lowest BCUT2D eigenvalue weighted by Crippen LogP contribution is -2.45. The highest BCUT2D eigenvalue weighted by Crippen LogP contribution is 2.57. The number of nitrogen functional groups attached to an aromatic ring is 1. The van der Waals surface area contributed by atoms with E-state index in [9.17, 15) is 4.79 Å². The van der Waals surface area contributed by atoms with Crippen LogP contribution in [0.1, 0.15) is 59.4 Å². The maximum atomic E-state index is 13.7. The molecule has 0 radical (unpaired) electrons. The molecule has 0 unspecified atom stereocenters. The lowest BCUT2D eigenvalue weighted by atomic mass is 9.90. The average molecular weight is 567 g/mol. The number of para-hydroxylation sites is 2. The van der Waals surface area contributed by atoms with Gasteiger partial charge in [-0.25, -0.2) is 14.6 Å². The minimum Gasteiger partial charge on any atom is -0.383 e. The molecule has 2 fully saturated rings. The summed E-state index contributed by atoms with van der Waals surface area (Å²) < 4.78 is 3.93. The van der Waals surface area contributed by atoms with Crippen molar-refractivity contribution in [2.75, 3.05) is 17.6 Å². The minimum absolute atomic E-state index is 0.127. The molecule has 212 valence electrons. The lowest BCUT2D eigenvalue weighted by molar-refractivity contribution is 0.0893. The van der Waals surface area contributed by atoms with E-state index in [-0.39, 0.29) is 17.0 Å². The first-order valence-electron chi connectivity index (χ1n) is 14.6. The Hall–Kier alpha value is -5.36. The van der Waals surface area contributed by atoms with Crippen LogP contribution in [0.5, 0.6) is 0 Å². The first-order valence-corrected chi connectivity index (χ1v) is 14.6. The molecule has 3 aliphatic rings. The van der Waals surface area contributed by atoms with E-state index in [4.69, 9.17) is 17.1 Å². The summed E-state index contributed by atoms with van der Waals surface area (Å²) in [5.74, 6) is 3.32. The van der Waals surface area contributed by atoms with Crippen molar-refractivity contribution in [3.8, 4) is 18.0 Å². The number of carbonyl (C=O) groups excluding carboxylic acids is 1. The number of anilines is 2. The molecule has 3 aromatic heterocycles. The number of hydrogen-bond acceptors (Lipinski definition) is 6. The van der Waals surface area contributed by atoms with E-state index in [1.807, 2.05) is 42.5 Å². The predicted molar refractivity (Wildman–Crippen MR) is 167 cm³/mol. The molecule has 4 heterocycles. The number of amides is 1. The molecule has 1 amide bonds. The van der Waals surface area contributed by atoms with Crippen molar-refractivity contribution < 1.29 is 4.79 Å². The molecule has 43 heavy (non-hydrogen) atoms. The van der Waals surface area contributed by atoms with Crippen LogP contribution < -0.4 is 16.4 Å². The molecule has 4 N–H and O–H groups in total. The van der Waals surface area contributed by atoms with Gasteiger partial charge in [0.1, 0.15) is 29.2 Å². The van der Waals surface area contributed by atoms with Gasteiger partial charge in [-0.05, 0) is 73.6 Å². The number of benzene rings is 2. The number of nitrogens with two attached hydrogens (primary N) is 1. The Morgan fingerprint density at radius 3 is 2.63 bits per heavy atom. The molecule has 8 rings (SSSR count). The van der Waals surface area contributed by atoms with E-state index in [2.05, 4.69) is 49.4 Å². The van der Waals surface area contributed by atoms with E-state index in [1.54, 1.807) is 16.9 Å². The van der Waals surface area contributed by atoms with E-state index in [0.29, 0.717) is 18.1 Å². The van der Waals surface area contributed by atoms with Gasteiger partial charge in [0, 0.05) is 28.9 Å². The third-order valence-electron chi connectivity index (χ3n) is 9.53.